The lowest BCUT2D eigenvalue weighted by atomic mass is 10.1. The minimum absolute atomic E-state index is 0.0126. The Morgan fingerprint density at radius 2 is 1.96 bits per heavy atom. The number of amides is 2. The van der Waals surface area contributed by atoms with E-state index in [0.717, 1.165) is 30.3 Å². The van der Waals surface area contributed by atoms with Gasteiger partial charge in [-0.2, -0.15) is 0 Å². The highest BCUT2D eigenvalue weighted by Crippen LogP contribution is 2.23. The summed E-state index contributed by atoms with van der Waals surface area (Å²) in [7, 11) is 0. The van der Waals surface area contributed by atoms with E-state index in [0.29, 0.717) is 6.42 Å². The first kappa shape index (κ1) is 17.4. The third-order valence-corrected chi connectivity index (χ3v) is 4.26. The van der Waals surface area contributed by atoms with Crippen molar-refractivity contribution < 1.29 is 14.5 Å². The lowest BCUT2D eigenvalue weighted by molar-refractivity contribution is -0.383. The SMILES string of the molecule is Nc1ccc(C(=O)NCc2ccc(N3CCCC3=O)cc2)cc1[N+](=O)[O-]. The van der Waals surface area contributed by atoms with Gasteiger partial charge in [0.25, 0.3) is 11.6 Å². The molecule has 1 aliphatic heterocycles. The van der Waals surface area contributed by atoms with E-state index in [1.165, 1.54) is 12.1 Å². The van der Waals surface area contributed by atoms with Gasteiger partial charge in [-0.1, -0.05) is 12.1 Å². The Hall–Kier alpha value is -3.42. The van der Waals surface area contributed by atoms with Crippen LogP contribution in [0.3, 0.4) is 0 Å². The van der Waals surface area contributed by atoms with Gasteiger partial charge in [-0.3, -0.25) is 19.7 Å². The monoisotopic (exact) mass is 354 g/mol. The number of hydrogen-bond donors (Lipinski definition) is 2. The van der Waals surface area contributed by atoms with Crippen LogP contribution >= 0.6 is 0 Å². The average molecular weight is 354 g/mol. The number of nitrogens with two attached hydrogens (primary N) is 1. The lowest BCUT2D eigenvalue weighted by Crippen LogP contribution is -2.24. The van der Waals surface area contributed by atoms with Crippen molar-refractivity contribution in [1.29, 1.82) is 0 Å². The first-order valence-corrected chi connectivity index (χ1v) is 8.17. The molecule has 0 spiro atoms. The summed E-state index contributed by atoms with van der Waals surface area (Å²) >= 11 is 0. The van der Waals surface area contributed by atoms with E-state index in [9.17, 15) is 19.7 Å². The molecule has 26 heavy (non-hydrogen) atoms. The smallest absolute Gasteiger partial charge is 0.292 e. The normalized spacial score (nSPS) is 13.7. The van der Waals surface area contributed by atoms with Crippen LogP contribution in [0.2, 0.25) is 0 Å². The van der Waals surface area contributed by atoms with Crippen LogP contribution in [0.25, 0.3) is 0 Å². The van der Waals surface area contributed by atoms with Crippen molar-refractivity contribution in [2.24, 2.45) is 0 Å². The van der Waals surface area contributed by atoms with Gasteiger partial charge in [0, 0.05) is 36.8 Å². The maximum Gasteiger partial charge on any atom is 0.292 e. The van der Waals surface area contributed by atoms with E-state index in [-0.39, 0.29) is 29.4 Å². The molecule has 0 radical (unpaired) electrons. The summed E-state index contributed by atoms with van der Waals surface area (Å²) < 4.78 is 0. The summed E-state index contributed by atoms with van der Waals surface area (Å²) in [6.45, 7) is 0.996. The van der Waals surface area contributed by atoms with Crippen molar-refractivity contribution in [2.75, 3.05) is 17.2 Å². The highest BCUT2D eigenvalue weighted by molar-refractivity contribution is 5.96. The fraction of sp³-hybridized carbons (Fsp3) is 0.222. The van der Waals surface area contributed by atoms with Gasteiger partial charge in [0.2, 0.25) is 5.91 Å². The Kier molecular flexibility index (Phi) is 4.83. The molecular formula is C18H18N4O4. The van der Waals surface area contributed by atoms with E-state index in [4.69, 9.17) is 5.73 Å². The molecular weight excluding hydrogens is 336 g/mol. The molecule has 8 nitrogen and oxygen atoms in total. The van der Waals surface area contributed by atoms with Crippen molar-refractivity contribution in [3.8, 4) is 0 Å². The summed E-state index contributed by atoms with van der Waals surface area (Å²) in [5, 5.41) is 13.6. The predicted octanol–water partition coefficient (Wildman–Crippen LogP) is 2.23. The Balaban J connectivity index is 1.63. The summed E-state index contributed by atoms with van der Waals surface area (Å²) in [6.07, 6.45) is 1.44. The fourth-order valence-electron chi connectivity index (χ4n) is 2.84. The number of benzene rings is 2. The zero-order valence-electron chi connectivity index (χ0n) is 14.0. The summed E-state index contributed by atoms with van der Waals surface area (Å²) in [4.78, 5) is 36.0. The van der Waals surface area contributed by atoms with Gasteiger partial charge in [-0.25, -0.2) is 0 Å². The summed E-state index contributed by atoms with van der Waals surface area (Å²) in [6, 6.07) is 11.3. The van der Waals surface area contributed by atoms with Crippen LogP contribution in [0, 0.1) is 10.1 Å². The van der Waals surface area contributed by atoms with E-state index in [1.54, 1.807) is 4.90 Å². The number of nitrogens with one attached hydrogen (secondary N) is 1. The third-order valence-electron chi connectivity index (χ3n) is 4.26. The highest BCUT2D eigenvalue weighted by Gasteiger charge is 2.21. The minimum Gasteiger partial charge on any atom is -0.393 e. The number of hydrogen-bond acceptors (Lipinski definition) is 5. The molecule has 0 aliphatic carbocycles. The number of nitrogen functional groups attached to an aromatic ring is 1. The zero-order valence-corrected chi connectivity index (χ0v) is 14.0. The Bertz CT molecular complexity index is 864. The fourth-order valence-corrected chi connectivity index (χ4v) is 2.84. The van der Waals surface area contributed by atoms with Crippen LogP contribution in [-0.4, -0.2) is 23.3 Å². The second-order valence-corrected chi connectivity index (χ2v) is 6.03. The number of nitrogens with zero attached hydrogens (tertiary/aromatic N) is 2. The van der Waals surface area contributed by atoms with Crippen LogP contribution in [-0.2, 0) is 11.3 Å². The van der Waals surface area contributed by atoms with Crippen molar-refractivity contribution in [2.45, 2.75) is 19.4 Å². The molecule has 134 valence electrons. The Morgan fingerprint density at radius 3 is 2.58 bits per heavy atom. The van der Waals surface area contributed by atoms with Crippen molar-refractivity contribution in [3.63, 3.8) is 0 Å². The number of anilines is 2. The molecule has 2 amide bonds. The highest BCUT2D eigenvalue weighted by atomic mass is 16.6. The molecule has 1 heterocycles. The summed E-state index contributed by atoms with van der Waals surface area (Å²) in [5.41, 5.74) is 7.12. The first-order valence-electron chi connectivity index (χ1n) is 8.17. The number of carbonyl (C=O) groups is 2. The van der Waals surface area contributed by atoms with Gasteiger partial charge in [0.1, 0.15) is 5.69 Å². The molecule has 1 aliphatic rings. The molecule has 0 bridgehead atoms. The van der Waals surface area contributed by atoms with Gasteiger partial charge in [0.05, 0.1) is 4.92 Å². The van der Waals surface area contributed by atoms with Crippen molar-refractivity contribution in [1.82, 2.24) is 5.32 Å². The Morgan fingerprint density at radius 1 is 1.23 bits per heavy atom. The minimum atomic E-state index is -0.621. The van der Waals surface area contributed by atoms with Gasteiger partial charge >= 0.3 is 0 Å². The molecule has 8 heteroatoms. The summed E-state index contributed by atoms with van der Waals surface area (Å²) in [5.74, 6) is -0.303. The van der Waals surface area contributed by atoms with Crippen LogP contribution in [0.5, 0.6) is 0 Å². The topological polar surface area (TPSA) is 119 Å². The van der Waals surface area contributed by atoms with Crippen molar-refractivity contribution >= 4 is 28.9 Å². The van der Waals surface area contributed by atoms with Gasteiger partial charge in [0.15, 0.2) is 0 Å². The second-order valence-electron chi connectivity index (χ2n) is 6.03. The standard InChI is InChI=1S/C18H18N4O4/c19-15-8-5-13(10-16(15)22(25)26)18(24)20-11-12-3-6-14(7-4-12)21-9-1-2-17(21)23/h3-8,10H,1-2,9,11,19H2,(H,20,24). The Labute approximate surface area is 149 Å². The van der Waals surface area contributed by atoms with E-state index in [2.05, 4.69) is 5.32 Å². The molecule has 3 rings (SSSR count). The van der Waals surface area contributed by atoms with Crippen molar-refractivity contribution in [3.05, 3.63) is 63.7 Å². The number of nitro groups is 1. The average Bonchev–Trinajstić information content (AvgIpc) is 3.06. The van der Waals surface area contributed by atoms with Crippen LogP contribution in [0.4, 0.5) is 17.1 Å². The third kappa shape index (κ3) is 3.64. The molecule has 0 unspecified atom stereocenters. The second kappa shape index (κ2) is 7.22. The predicted molar refractivity (Wildman–Crippen MR) is 96.7 cm³/mol. The lowest BCUT2D eigenvalue weighted by Gasteiger charge is -2.16. The number of carbonyl (C=O) groups excluding carboxylic acids is 2. The van der Waals surface area contributed by atoms with E-state index in [1.807, 2.05) is 24.3 Å². The first-order chi connectivity index (χ1) is 12.5. The molecule has 1 saturated heterocycles. The van der Waals surface area contributed by atoms with E-state index >= 15 is 0 Å². The molecule has 0 saturated carbocycles. The molecule has 2 aromatic rings. The maximum absolute atomic E-state index is 12.2. The molecule has 3 N–H and O–H groups in total. The van der Waals surface area contributed by atoms with Gasteiger partial charge in [-0.05, 0) is 36.2 Å². The van der Waals surface area contributed by atoms with Crippen LogP contribution < -0.4 is 16.0 Å². The maximum atomic E-state index is 12.2. The largest absolute Gasteiger partial charge is 0.393 e. The molecule has 1 fully saturated rings. The van der Waals surface area contributed by atoms with Gasteiger partial charge in [-0.15, -0.1) is 0 Å². The number of rotatable bonds is 5. The molecule has 2 aromatic carbocycles. The van der Waals surface area contributed by atoms with Gasteiger partial charge < -0.3 is 16.0 Å². The zero-order chi connectivity index (χ0) is 18.7. The molecule has 0 atom stereocenters. The van der Waals surface area contributed by atoms with Crippen LogP contribution in [0.1, 0.15) is 28.8 Å². The molecule has 0 aromatic heterocycles. The van der Waals surface area contributed by atoms with Crippen LogP contribution in [0.15, 0.2) is 42.5 Å². The quantitative estimate of drug-likeness (QED) is 0.485. The number of nitro benzene ring substituents is 1. The van der Waals surface area contributed by atoms with E-state index < -0.39 is 10.8 Å².